The smallest absolute Gasteiger partial charge is 0.0622 e. The summed E-state index contributed by atoms with van der Waals surface area (Å²) in [7, 11) is 2.08. The second kappa shape index (κ2) is 5.86. The van der Waals surface area contributed by atoms with Gasteiger partial charge in [-0.1, -0.05) is 25.7 Å². The summed E-state index contributed by atoms with van der Waals surface area (Å²) in [5, 5.41) is 3.42. The van der Waals surface area contributed by atoms with Crippen LogP contribution < -0.4 is 5.32 Å². The van der Waals surface area contributed by atoms with Gasteiger partial charge in [0.25, 0.3) is 0 Å². The fourth-order valence-corrected chi connectivity index (χ4v) is 2.68. The molecular formula is C13H25NO. The van der Waals surface area contributed by atoms with Crippen molar-refractivity contribution in [2.24, 2.45) is 11.8 Å². The maximum absolute atomic E-state index is 5.79. The van der Waals surface area contributed by atoms with Crippen LogP contribution in [-0.2, 0) is 4.74 Å². The molecule has 0 aromatic carbocycles. The zero-order chi connectivity index (χ0) is 10.5. The third-order valence-corrected chi connectivity index (χ3v) is 4.00. The zero-order valence-corrected chi connectivity index (χ0v) is 10.0. The van der Waals surface area contributed by atoms with Gasteiger partial charge in [0.2, 0.25) is 0 Å². The van der Waals surface area contributed by atoms with Gasteiger partial charge < -0.3 is 10.1 Å². The highest BCUT2D eigenvalue weighted by molar-refractivity contribution is 4.79. The summed E-state index contributed by atoms with van der Waals surface area (Å²) in [4.78, 5) is 0. The Bertz CT molecular complexity index is 173. The molecule has 2 nitrogen and oxygen atoms in total. The summed E-state index contributed by atoms with van der Waals surface area (Å²) in [5.41, 5.74) is 0. The molecule has 2 fully saturated rings. The molecule has 0 bridgehead atoms. The molecule has 1 unspecified atom stereocenters. The van der Waals surface area contributed by atoms with Gasteiger partial charge in [0.05, 0.1) is 6.61 Å². The summed E-state index contributed by atoms with van der Waals surface area (Å²) in [5.74, 6) is 1.88. The predicted octanol–water partition coefficient (Wildman–Crippen LogP) is 2.58. The van der Waals surface area contributed by atoms with Crippen molar-refractivity contribution in [2.45, 2.75) is 51.0 Å². The maximum Gasteiger partial charge on any atom is 0.0622 e. The van der Waals surface area contributed by atoms with E-state index < -0.39 is 0 Å². The van der Waals surface area contributed by atoms with Crippen LogP contribution in [-0.4, -0.2) is 26.3 Å². The summed E-state index contributed by atoms with van der Waals surface area (Å²) in [6, 6.07) is 0.603. The standard InChI is InChI=1S/C13H25NO/c1-14-13(12-4-2-3-5-12)10-15-9-8-11-6-7-11/h11-14H,2-10H2,1H3. The van der Waals surface area contributed by atoms with Gasteiger partial charge in [0, 0.05) is 12.6 Å². The first-order valence-electron chi connectivity index (χ1n) is 6.65. The molecule has 2 aliphatic carbocycles. The van der Waals surface area contributed by atoms with Gasteiger partial charge in [0.15, 0.2) is 0 Å². The normalized spacial score (nSPS) is 24.6. The first-order valence-corrected chi connectivity index (χ1v) is 6.65. The Morgan fingerprint density at radius 2 is 1.93 bits per heavy atom. The van der Waals surface area contributed by atoms with Gasteiger partial charge in [-0.25, -0.2) is 0 Å². The van der Waals surface area contributed by atoms with E-state index >= 15 is 0 Å². The van der Waals surface area contributed by atoms with Gasteiger partial charge in [-0.15, -0.1) is 0 Å². The van der Waals surface area contributed by atoms with Crippen molar-refractivity contribution in [3.8, 4) is 0 Å². The Morgan fingerprint density at radius 3 is 2.53 bits per heavy atom. The van der Waals surface area contributed by atoms with Crippen molar-refractivity contribution in [3.63, 3.8) is 0 Å². The van der Waals surface area contributed by atoms with E-state index in [0.717, 1.165) is 25.0 Å². The number of nitrogens with one attached hydrogen (secondary N) is 1. The average Bonchev–Trinajstić information content (AvgIpc) is 2.92. The van der Waals surface area contributed by atoms with Crippen molar-refractivity contribution < 1.29 is 4.74 Å². The molecule has 1 atom stereocenters. The second-order valence-electron chi connectivity index (χ2n) is 5.25. The Balaban J connectivity index is 1.56. The van der Waals surface area contributed by atoms with Gasteiger partial charge >= 0.3 is 0 Å². The van der Waals surface area contributed by atoms with Crippen molar-refractivity contribution in [2.75, 3.05) is 20.3 Å². The molecular weight excluding hydrogens is 186 g/mol. The second-order valence-corrected chi connectivity index (χ2v) is 5.25. The van der Waals surface area contributed by atoms with Crippen LogP contribution in [0, 0.1) is 11.8 Å². The van der Waals surface area contributed by atoms with Crippen molar-refractivity contribution >= 4 is 0 Å². The minimum Gasteiger partial charge on any atom is -0.380 e. The van der Waals surface area contributed by atoms with Crippen molar-refractivity contribution in [3.05, 3.63) is 0 Å². The Morgan fingerprint density at radius 1 is 1.20 bits per heavy atom. The minimum absolute atomic E-state index is 0.603. The molecule has 88 valence electrons. The molecule has 2 aliphatic rings. The monoisotopic (exact) mass is 211 g/mol. The summed E-state index contributed by atoms with van der Waals surface area (Å²) < 4.78 is 5.79. The first kappa shape index (κ1) is 11.4. The number of hydrogen-bond acceptors (Lipinski definition) is 2. The van der Waals surface area contributed by atoms with Crippen LogP contribution in [0.25, 0.3) is 0 Å². The zero-order valence-electron chi connectivity index (χ0n) is 10.0. The minimum atomic E-state index is 0.603. The van der Waals surface area contributed by atoms with Gasteiger partial charge in [0.1, 0.15) is 0 Å². The van der Waals surface area contributed by atoms with Gasteiger partial charge in [-0.2, -0.15) is 0 Å². The van der Waals surface area contributed by atoms with Crippen molar-refractivity contribution in [1.29, 1.82) is 0 Å². The molecule has 0 aromatic rings. The van der Waals surface area contributed by atoms with Crippen LogP contribution in [0.1, 0.15) is 44.9 Å². The lowest BCUT2D eigenvalue weighted by Crippen LogP contribution is -2.36. The van der Waals surface area contributed by atoms with Gasteiger partial charge in [-0.05, 0) is 38.1 Å². The third kappa shape index (κ3) is 3.76. The van der Waals surface area contributed by atoms with E-state index in [-0.39, 0.29) is 0 Å². The molecule has 0 radical (unpaired) electrons. The summed E-state index contributed by atoms with van der Waals surface area (Å²) in [6.07, 6.45) is 9.83. The molecule has 2 heteroatoms. The maximum atomic E-state index is 5.79. The third-order valence-electron chi connectivity index (χ3n) is 4.00. The molecule has 0 aliphatic heterocycles. The fourth-order valence-electron chi connectivity index (χ4n) is 2.68. The van der Waals surface area contributed by atoms with Crippen LogP contribution in [0.4, 0.5) is 0 Å². The van der Waals surface area contributed by atoms with Crippen LogP contribution in [0.5, 0.6) is 0 Å². The van der Waals surface area contributed by atoms with Crippen LogP contribution >= 0.6 is 0 Å². The average molecular weight is 211 g/mol. The highest BCUT2D eigenvalue weighted by Crippen LogP contribution is 2.32. The number of hydrogen-bond donors (Lipinski definition) is 1. The van der Waals surface area contributed by atoms with Gasteiger partial charge in [-0.3, -0.25) is 0 Å². The Kier molecular flexibility index (Phi) is 4.45. The SMILES string of the molecule is CNC(COCCC1CC1)C1CCCC1. The fraction of sp³-hybridized carbons (Fsp3) is 1.00. The largest absolute Gasteiger partial charge is 0.380 e. The van der Waals surface area contributed by atoms with E-state index in [2.05, 4.69) is 12.4 Å². The summed E-state index contributed by atoms with van der Waals surface area (Å²) in [6.45, 7) is 1.91. The molecule has 0 spiro atoms. The summed E-state index contributed by atoms with van der Waals surface area (Å²) >= 11 is 0. The van der Waals surface area contributed by atoms with E-state index in [0.29, 0.717) is 6.04 Å². The number of rotatable bonds is 7. The molecule has 0 saturated heterocycles. The molecule has 1 N–H and O–H groups in total. The predicted molar refractivity (Wildman–Crippen MR) is 63.0 cm³/mol. The lowest BCUT2D eigenvalue weighted by Gasteiger charge is -2.22. The Hall–Kier alpha value is -0.0800. The van der Waals surface area contributed by atoms with Crippen molar-refractivity contribution in [1.82, 2.24) is 5.32 Å². The molecule has 2 saturated carbocycles. The van der Waals surface area contributed by atoms with E-state index in [1.54, 1.807) is 0 Å². The molecule has 15 heavy (non-hydrogen) atoms. The molecule has 0 amide bonds. The van der Waals surface area contributed by atoms with E-state index in [1.807, 2.05) is 0 Å². The lowest BCUT2D eigenvalue weighted by atomic mass is 9.99. The van der Waals surface area contributed by atoms with E-state index in [9.17, 15) is 0 Å². The highest BCUT2D eigenvalue weighted by atomic mass is 16.5. The first-order chi connectivity index (χ1) is 7.40. The van der Waals surface area contributed by atoms with Crippen LogP contribution in [0.2, 0.25) is 0 Å². The van der Waals surface area contributed by atoms with E-state index in [4.69, 9.17) is 4.74 Å². The van der Waals surface area contributed by atoms with Crippen LogP contribution in [0.15, 0.2) is 0 Å². The Labute approximate surface area is 93.8 Å². The molecule has 2 rings (SSSR count). The molecule has 0 heterocycles. The lowest BCUT2D eigenvalue weighted by molar-refractivity contribution is 0.0918. The highest BCUT2D eigenvalue weighted by Gasteiger charge is 2.24. The topological polar surface area (TPSA) is 21.3 Å². The number of likely N-dealkylation sites (N-methyl/N-ethyl adjacent to an activating group) is 1. The van der Waals surface area contributed by atoms with E-state index in [1.165, 1.54) is 44.9 Å². The quantitative estimate of drug-likeness (QED) is 0.654. The van der Waals surface area contributed by atoms with Crippen LogP contribution in [0.3, 0.4) is 0 Å². The molecule has 0 aromatic heterocycles. The number of ether oxygens (including phenoxy) is 1.